The van der Waals surface area contributed by atoms with E-state index in [0.29, 0.717) is 17.5 Å². The molecule has 0 aliphatic heterocycles. The predicted octanol–water partition coefficient (Wildman–Crippen LogP) is 2.59. The summed E-state index contributed by atoms with van der Waals surface area (Å²) in [5, 5.41) is 8.73. The summed E-state index contributed by atoms with van der Waals surface area (Å²) in [4.78, 5) is 21.3. The first kappa shape index (κ1) is 15.7. The number of aryl methyl sites for hydroxylation is 1. The molecule has 120 valence electrons. The van der Waals surface area contributed by atoms with Crippen molar-refractivity contribution >= 4 is 34.2 Å². The number of benzene rings is 1. The molecule has 0 aliphatic carbocycles. The van der Waals surface area contributed by atoms with Crippen LogP contribution in [0.5, 0.6) is 0 Å². The summed E-state index contributed by atoms with van der Waals surface area (Å²) in [6.45, 7) is 6.45. The molecule has 2 heterocycles. The number of rotatable bonds is 5. The van der Waals surface area contributed by atoms with Gasteiger partial charge in [-0.3, -0.25) is 4.79 Å². The quantitative estimate of drug-likeness (QED) is 0.575. The monoisotopic (exact) mass is 329 g/mol. The van der Waals surface area contributed by atoms with E-state index in [0.717, 1.165) is 23.0 Å². The number of amides is 1. The van der Waals surface area contributed by atoms with Crippen LogP contribution >= 0.6 is 11.8 Å². The van der Waals surface area contributed by atoms with Crippen LogP contribution in [-0.2, 0) is 4.79 Å². The van der Waals surface area contributed by atoms with E-state index < -0.39 is 0 Å². The number of thioether (sulfide) groups is 1. The first-order valence-corrected chi connectivity index (χ1v) is 8.54. The fraction of sp³-hybridized carbons (Fsp3) is 0.375. The number of aromatic nitrogens is 4. The molecule has 1 atom stereocenters. The maximum atomic E-state index is 12.1. The molecule has 0 spiro atoms. The molecule has 23 heavy (non-hydrogen) atoms. The molecule has 7 heteroatoms. The zero-order valence-electron chi connectivity index (χ0n) is 13.4. The van der Waals surface area contributed by atoms with E-state index in [1.807, 2.05) is 45.0 Å². The van der Waals surface area contributed by atoms with E-state index in [4.69, 9.17) is 0 Å². The van der Waals surface area contributed by atoms with E-state index in [9.17, 15) is 4.79 Å². The highest BCUT2D eigenvalue weighted by atomic mass is 32.2. The average Bonchev–Trinajstić information content (AvgIpc) is 2.94. The van der Waals surface area contributed by atoms with Crippen LogP contribution in [0.15, 0.2) is 29.4 Å². The van der Waals surface area contributed by atoms with E-state index in [-0.39, 0.29) is 11.2 Å². The van der Waals surface area contributed by atoms with Crippen molar-refractivity contribution in [1.82, 2.24) is 24.9 Å². The standard InChI is InChI=1S/C16H19N5OS/c1-4-9-17-15(22)10(2)23-16-19-13-8-6-5-7-12(13)14-18-11(3)20-21(14)16/h5-8,10H,4,9H2,1-3H3,(H,17,22). The normalized spacial score (nSPS) is 12.7. The van der Waals surface area contributed by atoms with E-state index in [2.05, 4.69) is 20.4 Å². The molecule has 0 saturated heterocycles. The Balaban J connectivity index is 2.00. The molecule has 1 aromatic carbocycles. The minimum atomic E-state index is -0.247. The Hall–Kier alpha value is -2.15. The van der Waals surface area contributed by atoms with Crippen LogP contribution in [0.3, 0.4) is 0 Å². The minimum Gasteiger partial charge on any atom is -0.355 e. The van der Waals surface area contributed by atoms with Crippen molar-refractivity contribution < 1.29 is 4.79 Å². The van der Waals surface area contributed by atoms with Crippen LogP contribution in [0.25, 0.3) is 16.6 Å². The molecular formula is C16H19N5OS. The number of hydrogen-bond acceptors (Lipinski definition) is 5. The summed E-state index contributed by atoms with van der Waals surface area (Å²) in [5.74, 6) is 0.699. The lowest BCUT2D eigenvalue weighted by atomic mass is 10.2. The lowest BCUT2D eigenvalue weighted by Crippen LogP contribution is -2.31. The predicted molar refractivity (Wildman–Crippen MR) is 91.6 cm³/mol. The van der Waals surface area contributed by atoms with Crippen molar-refractivity contribution in [1.29, 1.82) is 0 Å². The third-order valence-electron chi connectivity index (χ3n) is 3.46. The highest BCUT2D eigenvalue weighted by molar-refractivity contribution is 8.00. The van der Waals surface area contributed by atoms with Crippen molar-refractivity contribution in [2.24, 2.45) is 0 Å². The number of nitrogens with one attached hydrogen (secondary N) is 1. The fourth-order valence-electron chi connectivity index (χ4n) is 2.31. The van der Waals surface area contributed by atoms with Gasteiger partial charge in [-0.25, -0.2) is 9.97 Å². The van der Waals surface area contributed by atoms with Gasteiger partial charge < -0.3 is 5.32 Å². The minimum absolute atomic E-state index is 0.0109. The van der Waals surface area contributed by atoms with Crippen LogP contribution in [0.1, 0.15) is 26.1 Å². The summed E-state index contributed by atoms with van der Waals surface area (Å²) in [5.41, 5.74) is 1.63. The van der Waals surface area contributed by atoms with Gasteiger partial charge in [0.2, 0.25) is 5.91 Å². The Kier molecular flexibility index (Phi) is 4.47. The molecule has 0 saturated carbocycles. The summed E-state index contributed by atoms with van der Waals surface area (Å²) < 4.78 is 1.73. The summed E-state index contributed by atoms with van der Waals surface area (Å²) in [6, 6.07) is 7.84. The maximum Gasteiger partial charge on any atom is 0.233 e. The van der Waals surface area contributed by atoms with Gasteiger partial charge in [0.15, 0.2) is 10.8 Å². The number of fused-ring (bicyclic) bond motifs is 3. The van der Waals surface area contributed by atoms with Crippen molar-refractivity contribution in [2.75, 3.05) is 6.54 Å². The first-order valence-electron chi connectivity index (χ1n) is 7.66. The SMILES string of the molecule is CCCNC(=O)C(C)Sc1nc2ccccc2c2nc(C)nn12. The second-order valence-corrected chi connectivity index (χ2v) is 6.67. The van der Waals surface area contributed by atoms with Crippen molar-refractivity contribution in [3.05, 3.63) is 30.1 Å². The van der Waals surface area contributed by atoms with Crippen LogP contribution in [0, 0.1) is 6.92 Å². The first-order chi connectivity index (χ1) is 11.1. The number of carbonyl (C=O) groups excluding carboxylic acids is 1. The Morgan fingerprint density at radius 1 is 1.35 bits per heavy atom. The Labute approximate surface area is 138 Å². The zero-order chi connectivity index (χ0) is 16.4. The highest BCUT2D eigenvalue weighted by Gasteiger charge is 2.19. The highest BCUT2D eigenvalue weighted by Crippen LogP contribution is 2.26. The third-order valence-corrected chi connectivity index (χ3v) is 4.50. The molecule has 6 nitrogen and oxygen atoms in total. The second-order valence-electron chi connectivity index (χ2n) is 5.36. The summed E-state index contributed by atoms with van der Waals surface area (Å²) >= 11 is 1.40. The number of nitrogens with zero attached hydrogens (tertiary/aromatic N) is 4. The van der Waals surface area contributed by atoms with Crippen LogP contribution in [0.2, 0.25) is 0 Å². The van der Waals surface area contributed by atoms with Crippen molar-refractivity contribution in [3.8, 4) is 0 Å². The second kappa shape index (κ2) is 6.54. The van der Waals surface area contributed by atoms with Gasteiger partial charge in [0.1, 0.15) is 5.82 Å². The number of hydrogen-bond donors (Lipinski definition) is 1. The van der Waals surface area contributed by atoms with Gasteiger partial charge in [0.25, 0.3) is 0 Å². The molecule has 3 rings (SSSR count). The molecule has 1 amide bonds. The molecule has 2 aromatic heterocycles. The molecule has 1 N–H and O–H groups in total. The summed E-state index contributed by atoms with van der Waals surface area (Å²) in [6.07, 6.45) is 0.921. The lowest BCUT2D eigenvalue weighted by molar-refractivity contribution is -0.120. The van der Waals surface area contributed by atoms with Gasteiger partial charge in [0.05, 0.1) is 10.8 Å². The van der Waals surface area contributed by atoms with Crippen LogP contribution in [-0.4, -0.2) is 37.3 Å². The Morgan fingerprint density at radius 2 is 2.13 bits per heavy atom. The molecule has 0 aliphatic rings. The smallest absolute Gasteiger partial charge is 0.233 e. The number of para-hydroxylation sites is 1. The lowest BCUT2D eigenvalue weighted by Gasteiger charge is -2.12. The van der Waals surface area contributed by atoms with Gasteiger partial charge in [-0.1, -0.05) is 30.8 Å². The Bertz CT molecular complexity index is 860. The molecule has 0 bridgehead atoms. The third kappa shape index (κ3) is 3.14. The topological polar surface area (TPSA) is 72.2 Å². The van der Waals surface area contributed by atoms with E-state index >= 15 is 0 Å². The maximum absolute atomic E-state index is 12.1. The van der Waals surface area contributed by atoms with E-state index in [1.165, 1.54) is 11.8 Å². The molecule has 0 radical (unpaired) electrons. The van der Waals surface area contributed by atoms with Gasteiger partial charge in [0, 0.05) is 11.9 Å². The molecular weight excluding hydrogens is 310 g/mol. The van der Waals surface area contributed by atoms with Crippen molar-refractivity contribution in [3.63, 3.8) is 0 Å². The Morgan fingerprint density at radius 3 is 2.91 bits per heavy atom. The van der Waals surface area contributed by atoms with Crippen LogP contribution < -0.4 is 5.32 Å². The van der Waals surface area contributed by atoms with E-state index in [1.54, 1.807) is 4.52 Å². The zero-order valence-corrected chi connectivity index (χ0v) is 14.2. The van der Waals surface area contributed by atoms with Gasteiger partial charge in [-0.05, 0) is 32.4 Å². The average molecular weight is 329 g/mol. The molecule has 1 unspecified atom stereocenters. The molecule has 3 aromatic rings. The van der Waals surface area contributed by atoms with Gasteiger partial charge >= 0.3 is 0 Å². The summed E-state index contributed by atoms with van der Waals surface area (Å²) in [7, 11) is 0. The van der Waals surface area contributed by atoms with Gasteiger partial charge in [-0.15, -0.1) is 5.10 Å². The largest absolute Gasteiger partial charge is 0.355 e. The molecule has 0 fully saturated rings. The van der Waals surface area contributed by atoms with Crippen LogP contribution in [0.4, 0.5) is 0 Å². The van der Waals surface area contributed by atoms with Gasteiger partial charge in [-0.2, -0.15) is 4.52 Å². The van der Waals surface area contributed by atoms with Crippen molar-refractivity contribution in [2.45, 2.75) is 37.6 Å². The number of carbonyl (C=O) groups is 1. The fourth-order valence-corrected chi connectivity index (χ4v) is 3.20.